The lowest BCUT2D eigenvalue weighted by molar-refractivity contribution is -0.130. The highest BCUT2D eigenvalue weighted by atomic mass is 16.2. The molecule has 1 heterocycles. The van der Waals surface area contributed by atoms with Crippen molar-refractivity contribution in [3.63, 3.8) is 0 Å². The summed E-state index contributed by atoms with van der Waals surface area (Å²) in [6, 6.07) is 13.6. The molecular weight excluding hydrogens is 434 g/mol. The van der Waals surface area contributed by atoms with Gasteiger partial charge in [0.05, 0.1) is 18.2 Å². The fourth-order valence-electron chi connectivity index (χ4n) is 3.58. The van der Waals surface area contributed by atoms with E-state index in [1.165, 1.54) is 12.2 Å². The molecule has 0 fully saturated rings. The van der Waals surface area contributed by atoms with Gasteiger partial charge in [0.1, 0.15) is 6.04 Å². The number of carbonyl (C=O) groups excluding carboxylic acids is 5. The molecule has 1 aliphatic rings. The van der Waals surface area contributed by atoms with Gasteiger partial charge in [-0.05, 0) is 30.5 Å². The van der Waals surface area contributed by atoms with Crippen LogP contribution in [0.5, 0.6) is 0 Å². The Labute approximate surface area is 198 Å². The number of hydrogen-bond acceptors (Lipinski definition) is 5. The van der Waals surface area contributed by atoms with Crippen LogP contribution in [0.25, 0.3) is 0 Å². The third kappa shape index (κ3) is 5.83. The summed E-state index contributed by atoms with van der Waals surface area (Å²) in [4.78, 5) is 62.6. The molecule has 0 aromatic heterocycles. The highest BCUT2D eigenvalue weighted by Gasteiger charge is 2.28. The van der Waals surface area contributed by atoms with Crippen LogP contribution in [0.4, 0.5) is 5.69 Å². The van der Waals surface area contributed by atoms with Crippen LogP contribution in [0.3, 0.4) is 0 Å². The molecule has 2 atom stereocenters. The zero-order valence-corrected chi connectivity index (χ0v) is 19.3. The van der Waals surface area contributed by atoms with Gasteiger partial charge in [-0.2, -0.15) is 0 Å². The molecule has 34 heavy (non-hydrogen) atoms. The van der Waals surface area contributed by atoms with E-state index >= 15 is 0 Å². The second-order valence-corrected chi connectivity index (χ2v) is 8.44. The van der Waals surface area contributed by atoms with E-state index in [1.54, 1.807) is 75.4 Å². The Bertz CT molecular complexity index is 1100. The minimum atomic E-state index is -0.816. The van der Waals surface area contributed by atoms with Gasteiger partial charge >= 0.3 is 0 Å². The van der Waals surface area contributed by atoms with Crippen LogP contribution in [-0.4, -0.2) is 41.5 Å². The Balaban J connectivity index is 1.59. The van der Waals surface area contributed by atoms with Gasteiger partial charge < -0.3 is 10.6 Å². The first kappa shape index (κ1) is 24.6. The average molecular weight is 462 g/mol. The van der Waals surface area contributed by atoms with Crippen molar-refractivity contribution in [1.82, 2.24) is 10.6 Å². The molecule has 2 N–H and O–H groups in total. The predicted molar refractivity (Wildman–Crippen MR) is 127 cm³/mol. The second kappa shape index (κ2) is 10.7. The Kier molecular flexibility index (Phi) is 7.73. The molecule has 0 bridgehead atoms. The first-order valence-corrected chi connectivity index (χ1v) is 11.0. The molecule has 0 unspecified atom stereocenters. The predicted octanol–water partition coefficient (Wildman–Crippen LogP) is 2.19. The van der Waals surface area contributed by atoms with Crippen molar-refractivity contribution in [3.05, 3.63) is 77.9 Å². The van der Waals surface area contributed by atoms with E-state index in [1.807, 2.05) is 0 Å². The summed E-state index contributed by atoms with van der Waals surface area (Å²) in [5, 5.41) is 5.44. The van der Waals surface area contributed by atoms with Crippen molar-refractivity contribution in [3.8, 4) is 0 Å². The first-order chi connectivity index (χ1) is 16.2. The van der Waals surface area contributed by atoms with E-state index in [2.05, 4.69) is 10.6 Å². The number of ketones is 1. The van der Waals surface area contributed by atoms with Crippen molar-refractivity contribution in [1.29, 1.82) is 0 Å². The number of hydrogen-bond donors (Lipinski definition) is 2. The lowest BCUT2D eigenvalue weighted by Crippen LogP contribution is -2.53. The van der Waals surface area contributed by atoms with Gasteiger partial charge in [-0.3, -0.25) is 24.0 Å². The number of amides is 4. The summed E-state index contributed by atoms with van der Waals surface area (Å²) in [6.45, 7) is 5.22. The Morgan fingerprint density at radius 1 is 0.824 bits per heavy atom. The fraction of sp³-hybridized carbons (Fsp3) is 0.269. The van der Waals surface area contributed by atoms with Gasteiger partial charge in [0.15, 0.2) is 5.78 Å². The minimum absolute atomic E-state index is 0.00935. The van der Waals surface area contributed by atoms with Gasteiger partial charge in [-0.25, -0.2) is 4.90 Å². The number of nitrogens with zero attached hydrogens (tertiary/aromatic N) is 1. The van der Waals surface area contributed by atoms with Crippen LogP contribution in [0.2, 0.25) is 0 Å². The van der Waals surface area contributed by atoms with Crippen molar-refractivity contribution >= 4 is 35.1 Å². The van der Waals surface area contributed by atoms with Gasteiger partial charge in [0.2, 0.25) is 11.8 Å². The third-order valence-corrected chi connectivity index (χ3v) is 5.44. The number of benzene rings is 2. The molecule has 176 valence electrons. The number of rotatable bonds is 9. The largest absolute Gasteiger partial charge is 0.344 e. The average Bonchev–Trinajstić information content (AvgIpc) is 3.15. The van der Waals surface area contributed by atoms with Crippen LogP contribution in [0.15, 0.2) is 66.7 Å². The number of nitrogens with one attached hydrogen (secondary N) is 2. The summed E-state index contributed by atoms with van der Waals surface area (Å²) in [6.07, 6.45) is 2.42. The standard InChI is InChI=1S/C26H27N3O5/c1-16(2)24(26(34)27-17(3)25(33)19-7-5-4-6-8-19)28-21(30)15-18-9-11-20(12-10-18)29-22(31)13-14-23(29)32/h4-14,16-17,24H,15H2,1-3H3,(H,27,34)(H,28,30)/t17-,24-/m0/s1. The van der Waals surface area contributed by atoms with Crippen molar-refractivity contribution < 1.29 is 24.0 Å². The SMILES string of the molecule is CC(C)[C@H](NC(=O)Cc1ccc(N2C(=O)C=CC2=O)cc1)C(=O)N[C@@H](C)C(=O)c1ccccc1. The molecule has 0 aliphatic carbocycles. The van der Waals surface area contributed by atoms with Gasteiger partial charge in [-0.15, -0.1) is 0 Å². The quantitative estimate of drug-likeness (QED) is 0.439. The molecule has 8 nitrogen and oxygen atoms in total. The zero-order valence-electron chi connectivity index (χ0n) is 19.3. The molecular formula is C26H27N3O5. The number of carbonyl (C=O) groups is 5. The van der Waals surface area contributed by atoms with Crippen LogP contribution < -0.4 is 15.5 Å². The molecule has 4 amide bonds. The Morgan fingerprint density at radius 3 is 1.97 bits per heavy atom. The molecule has 0 saturated heterocycles. The molecule has 0 saturated carbocycles. The maximum Gasteiger partial charge on any atom is 0.258 e. The fourth-order valence-corrected chi connectivity index (χ4v) is 3.58. The van der Waals surface area contributed by atoms with Crippen molar-refractivity contribution in [2.75, 3.05) is 4.90 Å². The second-order valence-electron chi connectivity index (χ2n) is 8.44. The highest BCUT2D eigenvalue weighted by Crippen LogP contribution is 2.19. The van der Waals surface area contributed by atoms with Crippen LogP contribution >= 0.6 is 0 Å². The van der Waals surface area contributed by atoms with Gasteiger partial charge in [0, 0.05) is 17.7 Å². The summed E-state index contributed by atoms with van der Waals surface area (Å²) >= 11 is 0. The number of anilines is 1. The van der Waals surface area contributed by atoms with Gasteiger partial charge in [0.25, 0.3) is 11.8 Å². The topological polar surface area (TPSA) is 113 Å². The summed E-state index contributed by atoms with van der Waals surface area (Å²) in [5.74, 6) is -2.05. The van der Waals surface area contributed by atoms with Crippen molar-refractivity contribution in [2.45, 2.75) is 39.3 Å². The number of Topliss-reactive ketones (excluding diaryl/α,β-unsaturated/α-hetero) is 1. The van der Waals surface area contributed by atoms with Gasteiger partial charge in [-0.1, -0.05) is 56.3 Å². The normalized spacial score (nSPS) is 14.8. The van der Waals surface area contributed by atoms with E-state index in [-0.39, 0.29) is 24.0 Å². The summed E-state index contributed by atoms with van der Waals surface area (Å²) in [7, 11) is 0. The molecule has 0 spiro atoms. The Morgan fingerprint density at radius 2 is 1.41 bits per heavy atom. The monoisotopic (exact) mass is 461 g/mol. The van der Waals surface area contributed by atoms with E-state index < -0.39 is 29.8 Å². The maximum atomic E-state index is 12.8. The van der Waals surface area contributed by atoms with Crippen LogP contribution in [0, 0.1) is 5.92 Å². The van der Waals surface area contributed by atoms with E-state index in [4.69, 9.17) is 0 Å². The highest BCUT2D eigenvalue weighted by molar-refractivity contribution is 6.28. The van der Waals surface area contributed by atoms with Crippen LogP contribution in [-0.2, 0) is 25.6 Å². The maximum absolute atomic E-state index is 12.8. The zero-order chi connectivity index (χ0) is 24.8. The third-order valence-electron chi connectivity index (χ3n) is 5.44. The lowest BCUT2D eigenvalue weighted by atomic mass is 10.0. The smallest absolute Gasteiger partial charge is 0.258 e. The Hall–Kier alpha value is -4.07. The molecule has 1 aliphatic heterocycles. The molecule has 2 aromatic rings. The summed E-state index contributed by atoms with van der Waals surface area (Å²) < 4.78 is 0. The molecule has 2 aromatic carbocycles. The van der Waals surface area contributed by atoms with E-state index in [0.29, 0.717) is 16.8 Å². The van der Waals surface area contributed by atoms with E-state index in [9.17, 15) is 24.0 Å². The molecule has 0 radical (unpaired) electrons. The van der Waals surface area contributed by atoms with Crippen LogP contribution in [0.1, 0.15) is 36.7 Å². The molecule has 3 rings (SSSR count). The first-order valence-electron chi connectivity index (χ1n) is 11.0. The summed E-state index contributed by atoms with van der Waals surface area (Å²) in [5.41, 5.74) is 1.57. The molecule has 8 heteroatoms. The number of imide groups is 1. The lowest BCUT2D eigenvalue weighted by Gasteiger charge is -2.24. The van der Waals surface area contributed by atoms with Crippen molar-refractivity contribution in [2.24, 2.45) is 5.92 Å². The minimum Gasteiger partial charge on any atom is -0.344 e. The van der Waals surface area contributed by atoms with E-state index in [0.717, 1.165) is 4.90 Å².